The molecule has 2 aromatic heterocycles. The molecule has 0 saturated heterocycles. The smallest absolute Gasteiger partial charge is 0.307 e. The maximum atomic E-state index is 11.1. The van der Waals surface area contributed by atoms with Crippen LogP contribution in [0, 0.1) is 11.3 Å². The van der Waals surface area contributed by atoms with Crippen molar-refractivity contribution in [3.8, 4) is 11.6 Å². The fourth-order valence-electron chi connectivity index (χ4n) is 2.59. The van der Waals surface area contributed by atoms with Crippen molar-refractivity contribution in [1.29, 1.82) is 0 Å². The minimum atomic E-state index is -0.827. The van der Waals surface area contributed by atoms with E-state index in [1.807, 2.05) is 20.9 Å². The molecule has 2 aromatic rings. The second kappa shape index (κ2) is 3.66. The van der Waals surface area contributed by atoms with E-state index >= 15 is 0 Å². The third kappa shape index (κ3) is 1.65. The molecule has 1 aliphatic rings. The fourth-order valence-corrected chi connectivity index (χ4v) is 2.59. The van der Waals surface area contributed by atoms with Gasteiger partial charge in [-0.3, -0.25) is 4.79 Å². The van der Waals surface area contributed by atoms with Crippen molar-refractivity contribution in [2.45, 2.75) is 19.8 Å². The minimum Gasteiger partial charge on any atom is -0.481 e. The van der Waals surface area contributed by atoms with Gasteiger partial charge in [0, 0.05) is 19.4 Å². The molecule has 1 aliphatic carbocycles. The van der Waals surface area contributed by atoms with Crippen LogP contribution in [0.15, 0.2) is 16.9 Å². The van der Waals surface area contributed by atoms with Gasteiger partial charge in [-0.25, -0.2) is 4.98 Å². The maximum Gasteiger partial charge on any atom is 0.307 e. The SMILES string of the molecule is Cn1ccnc1-c1noc(C2C(C(=O)O)C2(C)C)n1. The molecule has 2 unspecified atom stereocenters. The summed E-state index contributed by atoms with van der Waals surface area (Å²) in [4.78, 5) is 19.6. The summed E-state index contributed by atoms with van der Waals surface area (Å²) >= 11 is 0. The highest BCUT2D eigenvalue weighted by Crippen LogP contribution is 2.64. The molecular weight excluding hydrogens is 248 g/mol. The summed E-state index contributed by atoms with van der Waals surface area (Å²) in [7, 11) is 1.83. The van der Waals surface area contributed by atoms with Gasteiger partial charge in [0.1, 0.15) is 0 Å². The Morgan fingerprint density at radius 1 is 1.53 bits per heavy atom. The molecule has 1 saturated carbocycles. The molecule has 19 heavy (non-hydrogen) atoms. The van der Waals surface area contributed by atoms with Crippen LogP contribution in [0.25, 0.3) is 11.6 Å². The Labute approximate surface area is 109 Å². The second-order valence-electron chi connectivity index (χ2n) is 5.43. The van der Waals surface area contributed by atoms with Crippen molar-refractivity contribution in [3.63, 3.8) is 0 Å². The highest BCUT2D eigenvalue weighted by Gasteiger charge is 2.65. The van der Waals surface area contributed by atoms with Crippen LogP contribution in [-0.4, -0.2) is 30.8 Å². The Balaban J connectivity index is 1.92. The molecule has 1 N–H and O–H groups in total. The van der Waals surface area contributed by atoms with E-state index in [0.717, 1.165) is 0 Å². The molecule has 7 nitrogen and oxygen atoms in total. The monoisotopic (exact) mass is 262 g/mol. The van der Waals surface area contributed by atoms with Gasteiger partial charge < -0.3 is 14.2 Å². The Bertz CT molecular complexity index is 643. The van der Waals surface area contributed by atoms with Crippen LogP contribution in [0.4, 0.5) is 0 Å². The van der Waals surface area contributed by atoms with Crippen LogP contribution in [0.2, 0.25) is 0 Å². The van der Waals surface area contributed by atoms with Crippen LogP contribution in [0.3, 0.4) is 0 Å². The van der Waals surface area contributed by atoms with Crippen LogP contribution in [0.5, 0.6) is 0 Å². The number of hydrogen-bond acceptors (Lipinski definition) is 5. The number of aromatic nitrogens is 4. The first-order valence-corrected chi connectivity index (χ1v) is 5.97. The predicted octanol–water partition coefficient (Wildman–Crippen LogP) is 1.29. The zero-order chi connectivity index (χ0) is 13.8. The van der Waals surface area contributed by atoms with E-state index in [4.69, 9.17) is 9.63 Å². The van der Waals surface area contributed by atoms with E-state index < -0.39 is 11.9 Å². The van der Waals surface area contributed by atoms with Gasteiger partial charge in [0.15, 0.2) is 5.82 Å². The van der Waals surface area contributed by atoms with E-state index in [2.05, 4.69) is 15.1 Å². The van der Waals surface area contributed by atoms with Gasteiger partial charge in [-0.2, -0.15) is 4.98 Å². The van der Waals surface area contributed by atoms with Crippen molar-refractivity contribution < 1.29 is 14.4 Å². The van der Waals surface area contributed by atoms with E-state index in [9.17, 15) is 4.79 Å². The molecule has 1 fully saturated rings. The van der Waals surface area contributed by atoms with Crippen LogP contribution < -0.4 is 0 Å². The van der Waals surface area contributed by atoms with Gasteiger partial charge in [-0.15, -0.1) is 0 Å². The van der Waals surface area contributed by atoms with Gasteiger partial charge in [0.25, 0.3) is 0 Å². The Morgan fingerprint density at radius 2 is 2.26 bits per heavy atom. The normalized spacial score (nSPS) is 24.4. The number of carboxylic acid groups (broad SMARTS) is 1. The van der Waals surface area contributed by atoms with Crippen molar-refractivity contribution in [2.24, 2.45) is 18.4 Å². The summed E-state index contributed by atoms with van der Waals surface area (Å²) in [5.74, 6) is -0.175. The molecule has 0 aliphatic heterocycles. The number of aliphatic carboxylic acids is 1. The summed E-state index contributed by atoms with van der Waals surface area (Å²) in [6.45, 7) is 3.78. The van der Waals surface area contributed by atoms with Gasteiger partial charge in [0.05, 0.1) is 11.8 Å². The lowest BCUT2D eigenvalue weighted by Gasteiger charge is -1.96. The topological polar surface area (TPSA) is 94.0 Å². The third-order valence-electron chi connectivity index (χ3n) is 3.82. The summed E-state index contributed by atoms with van der Waals surface area (Å²) in [5.41, 5.74) is -0.350. The first-order chi connectivity index (χ1) is 8.93. The molecule has 0 bridgehead atoms. The molecule has 0 spiro atoms. The van der Waals surface area contributed by atoms with Crippen molar-refractivity contribution in [2.75, 3.05) is 0 Å². The van der Waals surface area contributed by atoms with E-state index in [1.165, 1.54) is 0 Å². The van der Waals surface area contributed by atoms with E-state index in [0.29, 0.717) is 17.5 Å². The zero-order valence-corrected chi connectivity index (χ0v) is 10.9. The number of aryl methyl sites for hydroxylation is 1. The zero-order valence-electron chi connectivity index (χ0n) is 10.9. The average molecular weight is 262 g/mol. The summed E-state index contributed by atoms with van der Waals surface area (Å²) in [6.07, 6.45) is 3.43. The highest BCUT2D eigenvalue weighted by atomic mass is 16.5. The number of imidazole rings is 1. The molecule has 0 aromatic carbocycles. The van der Waals surface area contributed by atoms with E-state index in [-0.39, 0.29) is 11.3 Å². The second-order valence-corrected chi connectivity index (χ2v) is 5.43. The number of hydrogen-bond donors (Lipinski definition) is 1. The average Bonchev–Trinajstić information content (AvgIpc) is 2.75. The molecule has 7 heteroatoms. The number of nitrogens with zero attached hydrogens (tertiary/aromatic N) is 4. The maximum absolute atomic E-state index is 11.1. The fraction of sp³-hybridized carbons (Fsp3) is 0.500. The first-order valence-electron chi connectivity index (χ1n) is 5.97. The lowest BCUT2D eigenvalue weighted by Crippen LogP contribution is -2.03. The number of rotatable bonds is 3. The molecule has 0 radical (unpaired) electrons. The predicted molar refractivity (Wildman–Crippen MR) is 64.1 cm³/mol. The summed E-state index contributed by atoms with van der Waals surface area (Å²) in [6, 6.07) is 0. The lowest BCUT2D eigenvalue weighted by molar-refractivity contribution is -0.139. The van der Waals surface area contributed by atoms with Crippen LogP contribution in [0.1, 0.15) is 25.7 Å². The van der Waals surface area contributed by atoms with Crippen LogP contribution >= 0.6 is 0 Å². The molecule has 3 rings (SSSR count). The van der Waals surface area contributed by atoms with E-state index in [1.54, 1.807) is 17.0 Å². The van der Waals surface area contributed by atoms with Crippen molar-refractivity contribution in [1.82, 2.24) is 19.7 Å². The highest BCUT2D eigenvalue weighted by molar-refractivity contribution is 5.77. The van der Waals surface area contributed by atoms with Gasteiger partial charge in [-0.05, 0) is 5.41 Å². The number of carboxylic acids is 1. The molecule has 0 amide bonds. The van der Waals surface area contributed by atoms with Gasteiger partial charge in [-0.1, -0.05) is 19.0 Å². The molecular formula is C12H14N4O3. The Kier molecular flexibility index (Phi) is 2.29. The first kappa shape index (κ1) is 11.9. The number of carbonyl (C=O) groups is 1. The standard InChI is InChI=1S/C12H14N4O3/c1-12(2)6(7(12)11(17)18)10-14-8(15-19-10)9-13-4-5-16(9)3/h4-7H,1-3H3,(H,17,18). The summed E-state index contributed by atoms with van der Waals surface area (Å²) < 4.78 is 6.98. The third-order valence-corrected chi connectivity index (χ3v) is 3.82. The summed E-state index contributed by atoms with van der Waals surface area (Å²) in [5, 5.41) is 13.0. The quantitative estimate of drug-likeness (QED) is 0.895. The van der Waals surface area contributed by atoms with Gasteiger partial charge in [0.2, 0.25) is 11.7 Å². The van der Waals surface area contributed by atoms with Crippen LogP contribution in [-0.2, 0) is 11.8 Å². The minimum absolute atomic E-state index is 0.230. The molecule has 100 valence electrons. The Morgan fingerprint density at radius 3 is 2.79 bits per heavy atom. The van der Waals surface area contributed by atoms with Crippen molar-refractivity contribution >= 4 is 5.97 Å². The lowest BCUT2D eigenvalue weighted by atomic mass is 10.1. The molecule has 2 atom stereocenters. The molecule has 2 heterocycles. The van der Waals surface area contributed by atoms with Gasteiger partial charge >= 0.3 is 5.97 Å². The Hall–Kier alpha value is -2.18. The largest absolute Gasteiger partial charge is 0.481 e. The van der Waals surface area contributed by atoms with Crippen molar-refractivity contribution in [3.05, 3.63) is 18.3 Å².